The van der Waals surface area contributed by atoms with Crippen LogP contribution >= 0.6 is 0 Å². The molecule has 2 rings (SSSR count). The Hall–Kier alpha value is -0.980. The van der Waals surface area contributed by atoms with Gasteiger partial charge in [0.05, 0.1) is 17.5 Å². The third-order valence-electron chi connectivity index (χ3n) is 3.17. The number of pyridine rings is 1. The van der Waals surface area contributed by atoms with Crippen LogP contribution in [0, 0.1) is 12.8 Å². The van der Waals surface area contributed by atoms with Gasteiger partial charge in [-0.05, 0) is 30.4 Å². The summed E-state index contributed by atoms with van der Waals surface area (Å²) in [6.07, 6.45) is 4.16. The first kappa shape index (κ1) is 12.5. The molecule has 2 atom stereocenters. The minimum atomic E-state index is -2.88. The Bertz CT molecular complexity index is 501. The maximum absolute atomic E-state index is 11.5. The van der Waals surface area contributed by atoms with E-state index in [-0.39, 0.29) is 23.5 Å². The Kier molecular flexibility index (Phi) is 3.46. The number of aromatic nitrogens is 1. The highest BCUT2D eigenvalue weighted by molar-refractivity contribution is 7.91. The van der Waals surface area contributed by atoms with Crippen molar-refractivity contribution in [3.05, 3.63) is 29.6 Å². The monoisotopic (exact) mass is 255 g/mol. The highest BCUT2D eigenvalue weighted by Crippen LogP contribution is 2.30. The lowest BCUT2D eigenvalue weighted by molar-refractivity contribution is 0.398. The zero-order valence-electron chi connectivity index (χ0n) is 9.76. The van der Waals surface area contributed by atoms with Crippen molar-refractivity contribution in [1.29, 1.82) is 0 Å². The molecular weight excluding hydrogens is 238 g/mol. The van der Waals surface area contributed by atoms with Gasteiger partial charge in [0.1, 0.15) is 0 Å². The first-order valence-corrected chi connectivity index (χ1v) is 7.42. The van der Waals surface area contributed by atoms with E-state index in [1.807, 2.05) is 13.0 Å². The molecule has 17 heavy (non-hydrogen) atoms. The number of aryl methyl sites for hydroxylation is 1. The van der Waals surface area contributed by atoms with Crippen LogP contribution in [-0.2, 0) is 9.84 Å². The summed E-state index contributed by atoms with van der Waals surface area (Å²) in [7, 11) is -2.88. The van der Waals surface area contributed by atoms with Crippen LogP contribution < -0.4 is 11.3 Å². The topological polar surface area (TPSA) is 85.1 Å². The molecule has 1 aromatic rings. The molecule has 1 aromatic heterocycles. The molecule has 0 saturated carbocycles. The van der Waals surface area contributed by atoms with Gasteiger partial charge in [-0.2, -0.15) is 0 Å². The van der Waals surface area contributed by atoms with Crippen LogP contribution in [0.2, 0.25) is 0 Å². The van der Waals surface area contributed by atoms with Crippen LogP contribution in [0.4, 0.5) is 0 Å². The van der Waals surface area contributed by atoms with Gasteiger partial charge < -0.3 is 0 Å². The van der Waals surface area contributed by atoms with Gasteiger partial charge in [-0.25, -0.2) is 8.42 Å². The van der Waals surface area contributed by atoms with E-state index in [9.17, 15) is 8.42 Å². The number of rotatable bonds is 3. The van der Waals surface area contributed by atoms with Gasteiger partial charge in [-0.3, -0.25) is 16.3 Å². The highest BCUT2D eigenvalue weighted by Gasteiger charge is 2.34. The van der Waals surface area contributed by atoms with Crippen LogP contribution in [-0.4, -0.2) is 24.9 Å². The predicted molar refractivity (Wildman–Crippen MR) is 65.8 cm³/mol. The minimum Gasteiger partial charge on any atom is -0.271 e. The molecule has 1 aliphatic heterocycles. The van der Waals surface area contributed by atoms with Crippen molar-refractivity contribution in [3.8, 4) is 0 Å². The van der Waals surface area contributed by atoms with Crippen molar-refractivity contribution in [3.63, 3.8) is 0 Å². The molecule has 0 radical (unpaired) electrons. The van der Waals surface area contributed by atoms with Gasteiger partial charge in [-0.1, -0.05) is 6.07 Å². The summed E-state index contributed by atoms with van der Waals surface area (Å²) < 4.78 is 23.0. The molecule has 3 N–H and O–H groups in total. The Labute approximate surface area is 101 Å². The summed E-state index contributed by atoms with van der Waals surface area (Å²) in [6, 6.07) is 1.85. The van der Waals surface area contributed by atoms with Gasteiger partial charge in [-0.15, -0.1) is 0 Å². The van der Waals surface area contributed by atoms with Gasteiger partial charge >= 0.3 is 0 Å². The summed E-state index contributed by atoms with van der Waals surface area (Å²) in [6.45, 7) is 1.95. The molecule has 6 heteroatoms. The van der Waals surface area contributed by atoms with Gasteiger partial charge in [0.25, 0.3) is 0 Å². The minimum absolute atomic E-state index is 0.0357. The SMILES string of the molecule is Cc1cncc(C(NN)C2CCS(=O)(=O)C2)c1. The number of nitrogens with zero attached hydrogens (tertiary/aromatic N) is 1. The normalized spacial score (nSPS) is 24.7. The largest absolute Gasteiger partial charge is 0.271 e. The molecule has 0 amide bonds. The Morgan fingerprint density at radius 1 is 1.53 bits per heavy atom. The molecule has 0 aromatic carbocycles. The van der Waals surface area contributed by atoms with Crippen molar-refractivity contribution in [2.45, 2.75) is 19.4 Å². The number of sulfone groups is 1. The Morgan fingerprint density at radius 3 is 2.82 bits per heavy atom. The quantitative estimate of drug-likeness (QED) is 0.600. The average molecular weight is 255 g/mol. The lowest BCUT2D eigenvalue weighted by atomic mass is 9.93. The van der Waals surface area contributed by atoms with E-state index >= 15 is 0 Å². The first-order valence-electron chi connectivity index (χ1n) is 5.60. The van der Waals surface area contributed by atoms with Crippen molar-refractivity contribution in [1.82, 2.24) is 10.4 Å². The summed E-state index contributed by atoms with van der Waals surface area (Å²) in [4.78, 5) is 4.12. The van der Waals surface area contributed by atoms with Crippen molar-refractivity contribution in [2.75, 3.05) is 11.5 Å². The van der Waals surface area contributed by atoms with E-state index in [2.05, 4.69) is 10.4 Å². The van der Waals surface area contributed by atoms with E-state index < -0.39 is 9.84 Å². The number of hydrazine groups is 1. The summed E-state index contributed by atoms with van der Waals surface area (Å²) in [5.74, 6) is 6.05. The van der Waals surface area contributed by atoms with Crippen LogP contribution in [0.3, 0.4) is 0 Å². The molecule has 5 nitrogen and oxygen atoms in total. The van der Waals surface area contributed by atoms with E-state index in [0.29, 0.717) is 6.42 Å². The smallest absolute Gasteiger partial charge is 0.150 e. The lowest BCUT2D eigenvalue weighted by Gasteiger charge is -2.21. The molecule has 1 saturated heterocycles. The molecule has 94 valence electrons. The Morgan fingerprint density at radius 2 is 2.29 bits per heavy atom. The maximum atomic E-state index is 11.5. The fourth-order valence-electron chi connectivity index (χ4n) is 2.34. The highest BCUT2D eigenvalue weighted by atomic mass is 32.2. The van der Waals surface area contributed by atoms with Crippen molar-refractivity contribution < 1.29 is 8.42 Å². The molecule has 1 aliphatic rings. The van der Waals surface area contributed by atoms with Crippen LogP contribution in [0.5, 0.6) is 0 Å². The first-order chi connectivity index (χ1) is 8.02. The third kappa shape index (κ3) is 2.83. The molecule has 0 spiro atoms. The average Bonchev–Trinajstić information content (AvgIpc) is 2.60. The fourth-order valence-corrected chi connectivity index (χ4v) is 4.18. The number of hydrogen-bond acceptors (Lipinski definition) is 5. The second-order valence-electron chi connectivity index (χ2n) is 4.60. The second-order valence-corrected chi connectivity index (χ2v) is 6.83. The molecule has 1 fully saturated rings. The predicted octanol–water partition coefficient (Wildman–Crippen LogP) is 0.329. The van der Waals surface area contributed by atoms with Gasteiger partial charge in [0.2, 0.25) is 0 Å². The maximum Gasteiger partial charge on any atom is 0.150 e. The molecule has 0 bridgehead atoms. The number of nitrogens with one attached hydrogen (secondary N) is 1. The van der Waals surface area contributed by atoms with Gasteiger partial charge in [0.15, 0.2) is 9.84 Å². The Balaban J connectivity index is 2.23. The van der Waals surface area contributed by atoms with E-state index in [0.717, 1.165) is 11.1 Å². The summed E-state index contributed by atoms with van der Waals surface area (Å²) >= 11 is 0. The lowest BCUT2D eigenvalue weighted by Crippen LogP contribution is -2.34. The van der Waals surface area contributed by atoms with Crippen LogP contribution in [0.15, 0.2) is 18.5 Å². The molecule has 0 aliphatic carbocycles. The van der Waals surface area contributed by atoms with Gasteiger partial charge in [0, 0.05) is 12.4 Å². The second kappa shape index (κ2) is 4.72. The standard InChI is InChI=1S/C11H17N3O2S/c1-8-4-10(6-13-5-8)11(14-12)9-2-3-17(15,16)7-9/h4-6,9,11,14H,2-3,7,12H2,1H3. The summed E-state index contributed by atoms with van der Waals surface area (Å²) in [5, 5.41) is 0. The van der Waals surface area contributed by atoms with E-state index in [1.54, 1.807) is 12.4 Å². The van der Waals surface area contributed by atoms with Crippen molar-refractivity contribution in [2.24, 2.45) is 11.8 Å². The fraction of sp³-hybridized carbons (Fsp3) is 0.545. The number of nitrogens with two attached hydrogens (primary N) is 1. The number of hydrogen-bond donors (Lipinski definition) is 2. The van der Waals surface area contributed by atoms with E-state index in [4.69, 9.17) is 5.84 Å². The van der Waals surface area contributed by atoms with Crippen molar-refractivity contribution >= 4 is 9.84 Å². The zero-order valence-corrected chi connectivity index (χ0v) is 10.6. The molecule has 2 unspecified atom stereocenters. The van der Waals surface area contributed by atoms with Crippen LogP contribution in [0.25, 0.3) is 0 Å². The van der Waals surface area contributed by atoms with Crippen LogP contribution in [0.1, 0.15) is 23.6 Å². The molecule has 2 heterocycles. The third-order valence-corrected chi connectivity index (χ3v) is 4.97. The van der Waals surface area contributed by atoms with E-state index in [1.165, 1.54) is 0 Å². The summed E-state index contributed by atoms with van der Waals surface area (Å²) in [5.41, 5.74) is 4.72. The zero-order chi connectivity index (χ0) is 12.5. The molecular formula is C11H17N3O2S.